The molecule has 0 spiro atoms. The number of hydrogen-bond acceptors (Lipinski definition) is 2. The normalized spacial score (nSPS) is 10.7. The maximum Gasteiger partial charge on any atom is 0.173 e. The zero-order valence-electron chi connectivity index (χ0n) is 10.1. The number of nitrogens with one attached hydrogen (secondary N) is 1. The van der Waals surface area contributed by atoms with Crippen molar-refractivity contribution in [3.63, 3.8) is 0 Å². The topological polar surface area (TPSA) is 28.7 Å². The van der Waals surface area contributed by atoms with Crippen molar-refractivity contribution in [2.75, 3.05) is 0 Å². The van der Waals surface area contributed by atoms with Gasteiger partial charge in [0.05, 0.1) is 4.47 Å². The maximum atomic E-state index is 13.5. The van der Waals surface area contributed by atoms with Crippen LogP contribution in [0.1, 0.15) is 19.0 Å². The molecule has 1 aromatic heterocycles. The van der Waals surface area contributed by atoms with Gasteiger partial charge in [0.1, 0.15) is 10.5 Å². The quantitative estimate of drug-likeness (QED) is 0.639. The molecule has 2 rings (SSSR count). The highest BCUT2D eigenvalue weighted by Crippen LogP contribution is 2.29. The maximum absolute atomic E-state index is 13.5. The Balaban J connectivity index is 2.59. The third-order valence-corrected chi connectivity index (χ3v) is 3.59. The molecule has 0 saturated carbocycles. The van der Waals surface area contributed by atoms with E-state index in [9.17, 15) is 8.78 Å². The number of benzene rings is 1. The molecule has 2 nitrogen and oxygen atoms in total. The summed E-state index contributed by atoms with van der Waals surface area (Å²) in [7, 11) is 0. The number of rotatable bonds is 3. The van der Waals surface area contributed by atoms with Gasteiger partial charge >= 0.3 is 0 Å². The first kappa shape index (κ1) is 14.3. The molecule has 0 bridgehead atoms. The molecule has 0 amide bonds. The molecule has 19 heavy (non-hydrogen) atoms. The van der Waals surface area contributed by atoms with Crippen molar-refractivity contribution in [2.45, 2.75) is 19.8 Å². The first-order valence-corrected chi connectivity index (χ1v) is 6.97. The van der Waals surface area contributed by atoms with Crippen LogP contribution in [0.3, 0.4) is 0 Å². The Hall–Kier alpha value is -1.14. The van der Waals surface area contributed by atoms with Gasteiger partial charge in [0.25, 0.3) is 0 Å². The highest BCUT2D eigenvalue weighted by atomic mass is 79.9. The van der Waals surface area contributed by atoms with E-state index in [4.69, 9.17) is 12.2 Å². The summed E-state index contributed by atoms with van der Waals surface area (Å²) >= 11 is 8.14. The molecule has 0 aliphatic heterocycles. The summed E-state index contributed by atoms with van der Waals surface area (Å²) in [6, 6.07) is 4.31. The SMILES string of the molecule is CCCc1cc(=S)nc(-c2ccc(F)c(F)c2Br)[nH]1. The molecule has 0 aliphatic carbocycles. The molecule has 0 aliphatic rings. The lowest BCUT2D eigenvalue weighted by Gasteiger charge is -2.08. The first-order chi connectivity index (χ1) is 9.02. The van der Waals surface area contributed by atoms with Gasteiger partial charge in [-0.3, -0.25) is 0 Å². The number of aryl methyl sites for hydroxylation is 1. The van der Waals surface area contributed by atoms with Crippen LogP contribution in [0.5, 0.6) is 0 Å². The summed E-state index contributed by atoms with van der Waals surface area (Å²) in [6.07, 6.45) is 1.77. The van der Waals surface area contributed by atoms with Crippen molar-refractivity contribution in [3.05, 3.63) is 44.6 Å². The fraction of sp³-hybridized carbons (Fsp3) is 0.231. The third-order valence-electron chi connectivity index (χ3n) is 2.61. The van der Waals surface area contributed by atoms with E-state index in [1.54, 1.807) is 6.07 Å². The summed E-state index contributed by atoms with van der Waals surface area (Å²) < 4.78 is 27.1. The van der Waals surface area contributed by atoms with E-state index in [1.807, 2.05) is 6.92 Å². The van der Waals surface area contributed by atoms with Crippen LogP contribution in [-0.4, -0.2) is 9.97 Å². The molecule has 1 aromatic carbocycles. The fourth-order valence-corrected chi connectivity index (χ4v) is 2.49. The van der Waals surface area contributed by atoms with Gasteiger partial charge in [0.15, 0.2) is 11.6 Å². The average molecular weight is 345 g/mol. The minimum absolute atomic E-state index is 0.0410. The Labute approximate surface area is 123 Å². The van der Waals surface area contributed by atoms with Crippen LogP contribution in [-0.2, 0) is 6.42 Å². The zero-order valence-corrected chi connectivity index (χ0v) is 12.5. The second kappa shape index (κ2) is 5.88. The van der Waals surface area contributed by atoms with Crippen molar-refractivity contribution in [3.8, 4) is 11.4 Å². The van der Waals surface area contributed by atoms with Crippen LogP contribution >= 0.6 is 28.1 Å². The monoisotopic (exact) mass is 344 g/mol. The second-order valence-corrected chi connectivity index (χ2v) is 5.28. The molecule has 0 saturated heterocycles. The Morgan fingerprint density at radius 3 is 2.79 bits per heavy atom. The molecule has 0 unspecified atom stereocenters. The van der Waals surface area contributed by atoms with Crippen molar-refractivity contribution in [2.24, 2.45) is 0 Å². The predicted octanol–water partition coefficient (Wildman–Crippen LogP) is 4.80. The molecular formula is C13H11BrF2N2S. The molecule has 1 heterocycles. The molecule has 0 radical (unpaired) electrons. The number of hydrogen-bond donors (Lipinski definition) is 1. The number of H-pyrrole nitrogens is 1. The third kappa shape index (κ3) is 3.06. The van der Waals surface area contributed by atoms with Gasteiger partial charge in [-0.1, -0.05) is 25.6 Å². The molecule has 100 valence electrons. The smallest absolute Gasteiger partial charge is 0.173 e. The van der Waals surface area contributed by atoms with Crippen molar-refractivity contribution in [1.82, 2.24) is 9.97 Å². The van der Waals surface area contributed by atoms with Crippen molar-refractivity contribution < 1.29 is 8.78 Å². The van der Waals surface area contributed by atoms with Gasteiger partial charge in [-0.2, -0.15) is 0 Å². The minimum atomic E-state index is -0.931. The summed E-state index contributed by atoms with van der Waals surface area (Å²) in [4.78, 5) is 7.25. The second-order valence-electron chi connectivity index (χ2n) is 4.07. The number of halogens is 3. The number of nitrogens with zero attached hydrogens (tertiary/aromatic N) is 1. The largest absolute Gasteiger partial charge is 0.343 e. The molecule has 6 heteroatoms. The van der Waals surface area contributed by atoms with Crippen LogP contribution in [0.4, 0.5) is 8.78 Å². The molecule has 1 N–H and O–H groups in total. The lowest BCUT2D eigenvalue weighted by atomic mass is 10.2. The molecule has 0 atom stereocenters. The Bertz CT molecular complexity index is 670. The number of aromatic nitrogens is 2. The van der Waals surface area contributed by atoms with E-state index in [-0.39, 0.29) is 4.47 Å². The lowest BCUT2D eigenvalue weighted by molar-refractivity contribution is 0.504. The Morgan fingerprint density at radius 1 is 1.37 bits per heavy atom. The van der Waals surface area contributed by atoms with E-state index >= 15 is 0 Å². The first-order valence-electron chi connectivity index (χ1n) is 5.77. The molecule has 0 fully saturated rings. The van der Waals surface area contributed by atoms with Crippen LogP contribution in [0, 0.1) is 16.3 Å². The van der Waals surface area contributed by atoms with Crippen LogP contribution in [0.15, 0.2) is 22.7 Å². The van der Waals surface area contributed by atoms with E-state index in [1.165, 1.54) is 6.07 Å². The molecule has 2 aromatic rings. The Kier molecular flexibility index (Phi) is 4.42. The molecular weight excluding hydrogens is 334 g/mol. The van der Waals surface area contributed by atoms with Gasteiger partial charge in [-0.25, -0.2) is 13.8 Å². The van der Waals surface area contributed by atoms with Crippen LogP contribution < -0.4 is 0 Å². The Morgan fingerprint density at radius 2 is 2.11 bits per heavy atom. The van der Waals surface area contributed by atoms with Crippen LogP contribution in [0.25, 0.3) is 11.4 Å². The average Bonchev–Trinajstić information content (AvgIpc) is 2.36. The van der Waals surface area contributed by atoms with Crippen LogP contribution in [0.2, 0.25) is 0 Å². The minimum Gasteiger partial charge on any atom is -0.343 e. The van der Waals surface area contributed by atoms with Crippen molar-refractivity contribution >= 4 is 28.1 Å². The summed E-state index contributed by atoms with van der Waals surface area (Å²) in [5.41, 5.74) is 1.37. The highest BCUT2D eigenvalue weighted by molar-refractivity contribution is 9.10. The van der Waals surface area contributed by atoms with E-state index in [0.717, 1.165) is 24.6 Å². The van der Waals surface area contributed by atoms with E-state index in [2.05, 4.69) is 25.9 Å². The van der Waals surface area contributed by atoms with Gasteiger partial charge in [-0.05, 0) is 40.5 Å². The van der Waals surface area contributed by atoms with Crippen molar-refractivity contribution in [1.29, 1.82) is 0 Å². The van der Waals surface area contributed by atoms with Gasteiger partial charge in [0.2, 0.25) is 0 Å². The fourth-order valence-electron chi connectivity index (χ4n) is 1.75. The van der Waals surface area contributed by atoms with Gasteiger partial charge < -0.3 is 4.98 Å². The summed E-state index contributed by atoms with van der Waals surface area (Å²) in [5.74, 6) is -1.40. The standard InChI is InChI=1S/C13H11BrF2N2S/c1-2-3-7-6-10(19)18-13(17-7)8-4-5-9(15)12(16)11(8)14/h4-6H,2-3H2,1H3,(H,17,18,19). The van der Waals surface area contributed by atoms with E-state index < -0.39 is 11.6 Å². The van der Waals surface area contributed by atoms with Gasteiger partial charge in [0, 0.05) is 11.3 Å². The lowest BCUT2D eigenvalue weighted by Crippen LogP contribution is -1.98. The van der Waals surface area contributed by atoms with Gasteiger partial charge in [-0.15, -0.1) is 0 Å². The zero-order chi connectivity index (χ0) is 14.0. The summed E-state index contributed by atoms with van der Waals surface area (Å²) in [6.45, 7) is 2.05. The predicted molar refractivity (Wildman–Crippen MR) is 76.5 cm³/mol. The van der Waals surface area contributed by atoms with E-state index in [0.29, 0.717) is 16.0 Å². The number of aromatic amines is 1. The highest BCUT2D eigenvalue weighted by Gasteiger charge is 2.14. The summed E-state index contributed by atoms with van der Waals surface area (Å²) in [5, 5.41) is 0.